The number of carbonyl (C=O) groups is 1. The smallest absolute Gasteiger partial charge is 0.335 e. The second-order valence-corrected chi connectivity index (χ2v) is 5.23. The minimum Gasteiger partial charge on any atom is -0.478 e. The first-order valence-corrected chi connectivity index (χ1v) is 6.84. The second-order valence-electron chi connectivity index (χ2n) is 5.23. The van der Waals surface area contributed by atoms with Crippen molar-refractivity contribution >= 4 is 5.97 Å². The molecule has 0 amide bonds. The summed E-state index contributed by atoms with van der Waals surface area (Å²) >= 11 is 0. The molecule has 0 spiro atoms. The van der Waals surface area contributed by atoms with E-state index < -0.39 is 5.97 Å². The molecule has 1 heterocycles. The van der Waals surface area contributed by atoms with Crippen LogP contribution in [0.5, 0.6) is 0 Å². The van der Waals surface area contributed by atoms with Gasteiger partial charge in [-0.1, -0.05) is 36.4 Å². The number of hydrogen-bond donors (Lipinski definition) is 1. The molecule has 1 aliphatic rings. The van der Waals surface area contributed by atoms with Crippen LogP contribution in [0.3, 0.4) is 0 Å². The van der Waals surface area contributed by atoms with Gasteiger partial charge in [-0.3, -0.25) is 4.90 Å². The van der Waals surface area contributed by atoms with E-state index in [1.807, 2.05) is 18.2 Å². The van der Waals surface area contributed by atoms with Crippen molar-refractivity contribution < 1.29 is 9.90 Å². The van der Waals surface area contributed by atoms with E-state index in [0.29, 0.717) is 5.56 Å². The quantitative estimate of drug-likeness (QED) is 0.929. The highest BCUT2D eigenvalue weighted by molar-refractivity contribution is 5.87. The molecule has 1 aliphatic heterocycles. The molecule has 20 heavy (non-hydrogen) atoms. The molecule has 0 atom stereocenters. The Kier molecular flexibility index (Phi) is 3.52. The lowest BCUT2D eigenvalue weighted by atomic mass is 9.97. The molecule has 2 aromatic rings. The normalized spacial score (nSPS) is 14.8. The van der Waals surface area contributed by atoms with Crippen LogP contribution in [0.4, 0.5) is 0 Å². The molecule has 0 aromatic heterocycles. The summed E-state index contributed by atoms with van der Waals surface area (Å²) in [6, 6.07) is 15.9. The number of fused-ring (bicyclic) bond motifs is 1. The van der Waals surface area contributed by atoms with E-state index in [0.717, 1.165) is 26.1 Å². The summed E-state index contributed by atoms with van der Waals surface area (Å²) < 4.78 is 0. The molecule has 102 valence electrons. The maximum absolute atomic E-state index is 11.0. The van der Waals surface area contributed by atoms with Crippen LogP contribution in [0, 0.1) is 0 Å². The lowest BCUT2D eigenvalue weighted by molar-refractivity contribution is 0.0696. The van der Waals surface area contributed by atoms with E-state index in [9.17, 15) is 4.79 Å². The van der Waals surface area contributed by atoms with Gasteiger partial charge in [0.25, 0.3) is 0 Å². The predicted octanol–water partition coefficient (Wildman–Crippen LogP) is 2.94. The fourth-order valence-corrected chi connectivity index (χ4v) is 2.72. The van der Waals surface area contributed by atoms with Crippen molar-refractivity contribution in [2.45, 2.75) is 19.5 Å². The highest BCUT2D eigenvalue weighted by Gasteiger charge is 2.17. The third kappa shape index (κ3) is 2.73. The molecule has 2 aromatic carbocycles. The van der Waals surface area contributed by atoms with Crippen molar-refractivity contribution in [2.24, 2.45) is 0 Å². The van der Waals surface area contributed by atoms with Gasteiger partial charge < -0.3 is 5.11 Å². The molecule has 3 heteroatoms. The van der Waals surface area contributed by atoms with Gasteiger partial charge in [0.15, 0.2) is 0 Å². The molecule has 0 bridgehead atoms. The van der Waals surface area contributed by atoms with Crippen molar-refractivity contribution in [3.05, 3.63) is 70.8 Å². The molecule has 0 unspecified atom stereocenters. The van der Waals surface area contributed by atoms with E-state index in [1.54, 1.807) is 6.07 Å². The number of hydrogen-bond acceptors (Lipinski definition) is 2. The monoisotopic (exact) mass is 267 g/mol. The summed E-state index contributed by atoms with van der Waals surface area (Å²) in [7, 11) is 0. The molecule has 0 radical (unpaired) electrons. The molecule has 3 rings (SSSR count). The standard InChI is InChI=1S/C17H17NO2/c19-17(20)15-6-7-16-12-18(9-8-14(16)10-15)11-13-4-2-1-3-5-13/h1-7,10H,8-9,11-12H2,(H,19,20). The number of carboxylic acid groups (broad SMARTS) is 1. The highest BCUT2D eigenvalue weighted by Crippen LogP contribution is 2.21. The lowest BCUT2D eigenvalue weighted by Crippen LogP contribution is -2.30. The zero-order valence-corrected chi connectivity index (χ0v) is 11.2. The number of rotatable bonds is 3. The fourth-order valence-electron chi connectivity index (χ4n) is 2.72. The van der Waals surface area contributed by atoms with E-state index in [4.69, 9.17) is 5.11 Å². The molecule has 0 fully saturated rings. The van der Waals surface area contributed by atoms with Gasteiger partial charge in [0.2, 0.25) is 0 Å². The third-order valence-electron chi connectivity index (χ3n) is 3.79. The molecule has 3 nitrogen and oxygen atoms in total. The van der Waals surface area contributed by atoms with Gasteiger partial charge in [-0.15, -0.1) is 0 Å². The number of benzene rings is 2. The average molecular weight is 267 g/mol. The Morgan fingerprint density at radius 1 is 1.10 bits per heavy atom. The van der Waals surface area contributed by atoms with Crippen LogP contribution in [0.2, 0.25) is 0 Å². The maximum atomic E-state index is 11.0. The topological polar surface area (TPSA) is 40.5 Å². The van der Waals surface area contributed by atoms with Crippen molar-refractivity contribution in [3.63, 3.8) is 0 Å². The minimum atomic E-state index is -0.848. The SMILES string of the molecule is O=C(O)c1ccc2c(c1)CCN(Cc1ccccc1)C2. The molecular weight excluding hydrogens is 250 g/mol. The van der Waals surface area contributed by atoms with Gasteiger partial charge in [-0.05, 0) is 35.2 Å². The van der Waals surface area contributed by atoms with Crippen LogP contribution in [-0.4, -0.2) is 22.5 Å². The first kappa shape index (κ1) is 12.9. The van der Waals surface area contributed by atoms with E-state index in [-0.39, 0.29) is 0 Å². The van der Waals surface area contributed by atoms with Gasteiger partial charge >= 0.3 is 5.97 Å². The third-order valence-corrected chi connectivity index (χ3v) is 3.79. The Morgan fingerprint density at radius 3 is 2.65 bits per heavy atom. The molecule has 0 aliphatic carbocycles. The average Bonchev–Trinajstić information content (AvgIpc) is 2.47. The van der Waals surface area contributed by atoms with Crippen LogP contribution in [-0.2, 0) is 19.5 Å². The summed E-state index contributed by atoms with van der Waals surface area (Å²) in [4.78, 5) is 13.4. The van der Waals surface area contributed by atoms with Crippen LogP contribution in [0.1, 0.15) is 27.0 Å². The Hall–Kier alpha value is -2.13. The van der Waals surface area contributed by atoms with Crippen molar-refractivity contribution in [2.75, 3.05) is 6.54 Å². The zero-order chi connectivity index (χ0) is 13.9. The number of aromatic carboxylic acids is 1. The summed E-state index contributed by atoms with van der Waals surface area (Å²) in [6.07, 6.45) is 0.920. The Morgan fingerprint density at radius 2 is 1.90 bits per heavy atom. The molecule has 1 N–H and O–H groups in total. The first-order valence-electron chi connectivity index (χ1n) is 6.84. The van der Waals surface area contributed by atoms with Gasteiger partial charge in [0.05, 0.1) is 5.56 Å². The summed E-state index contributed by atoms with van der Waals surface area (Å²) in [6.45, 7) is 2.82. The Balaban J connectivity index is 1.74. The zero-order valence-electron chi connectivity index (χ0n) is 11.2. The van der Waals surface area contributed by atoms with E-state index in [1.165, 1.54) is 16.7 Å². The maximum Gasteiger partial charge on any atom is 0.335 e. The number of carboxylic acids is 1. The minimum absolute atomic E-state index is 0.389. The highest BCUT2D eigenvalue weighted by atomic mass is 16.4. The van der Waals surface area contributed by atoms with Gasteiger partial charge in [0, 0.05) is 19.6 Å². The van der Waals surface area contributed by atoms with Crippen LogP contribution in [0.25, 0.3) is 0 Å². The summed E-state index contributed by atoms with van der Waals surface area (Å²) in [5, 5.41) is 9.02. The van der Waals surface area contributed by atoms with Gasteiger partial charge in [-0.25, -0.2) is 4.79 Å². The Labute approximate surface area is 118 Å². The second kappa shape index (κ2) is 5.47. The van der Waals surface area contributed by atoms with E-state index in [2.05, 4.69) is 29.2 Å². The fraction of sp³-hybridized carbons (Fsp3) is 0.235. The largest absolute Gasteiger partial charge is 0.478 e. The Bertz CT molecular complexity index is 622. The molecular formula is C17H17NO2. The summed E-state index contributed by atoms with van der Waals surface area (Å²) in [5.41, 5.74) is 4.13. The number of nitrogens with zero attached hydrogens (tertiary/aromatic N) is 1. The van der Waals surface area contributed by atoms with Crippen LogP contribution < -0.4 is 0 Å². The summed E-state index contributed by atoms with van der Waals surface area (Å²) in [5.74, 6) is -0.848. The van der Waals surface area contributed by atoms with E-state index >= 15 is 0 Å². The van der Waals surface area contributed by atoms with Gasteiger partial charge in [0.1, 0.15) is 0 Å². The van der Waals surface area contributed by atoms with Crippen molar-refractivity contribution in [1.82, 2.24) is 4.90 Å². The lowest BCUT2D eigenvalue weighted by Gasteiger charge is -2.29. The van der Waals surface area contributed by atoms with Crippen molar-refractivity contribution in [3.8, 4) is 0 Å². The van der Waals surface area contributed by atoms with Crippen LogP contribution >= 0.6 is 0 Å². The van der Waals surface area contributed by atoms with Crippen molar-refractivity contribution in [1.29, 1.82) is 0 Å². The first-order chi connectivity index (χ1) is 9.72. The predicted molar refractivity (Wildman–Crippen MR) is 77.7 cm³/mol. The molecule has 0 saturated heterocycles. The molecule has 0 saturated carbocycles. The van der Waals surface area contributed by atoms with Crippen LogP contribution in [0.15, 0.2) is 48.5 Å². The van der Waals surface area contributed by atoms with Gasteiger partial charge in [-0.2, -0.15) is 0 Å².